The van der Waals surface area contributed by atoms with Crippen molar-refractivity contribution in [1.29, 1.82) is 0 Å². The fourth-order valence-corrected chi connectivity index (χ4v) is 13.5. The van der Waals surface area contributed by atoms with Crippen molar-refractivity contribution in [3.63, 3.8) is 0 Å². The van der Waals surface area contributed by atoms with E-state index in [4.69, 9.17) is 10.5 Å². The molecule has 0 aromatic heterocycles. The molecule has 4 aliphatic rings. The minimum Gasteiger partial charge on any atom is -0.481 e. The van der Waals surface area contributed by atoms with Crippen LogP contribution in [0.15, 0.2) is 60.7 Å². The lowest BCUT2D eigenvalue weighted by molar-refractivity contribution is -0.149. The van der Waals surface area contributed by atoms with Gasteiger partial charge in [-0.15, -0.1) is 0 Å². The molecule has 3 heterocycles. The first-order chi connectivity index (χ1) is 51.7. The smallest absolute Gasteiger partial charge is 0.407 e. The standard InChI is InChI=1S/C74H104N14O21/c1-39(2)23-14-12-10-8-9-11-13-15-30-55(90)80-49(33-54(75)89)66(99)86-63-43(7)78-67(100)53-29-22-32-88(53)71(104)60(40(3)4)84-70(103)62(42(6)79-74(108)109-38-48-46-26-18-16-24-44(46)45-25-17-19-27-47(45)48)83-57(92)37-77-64(97)50(34-58(93)94)81-56(91)36-76-65(98)51(35-59(95)96)82-69(102)61(41(5)73(106)107)85-68(101)52-28-20-21-31-87(52)72(63)105/h13,15-19,24-27,39-43,48-53,60-63H,8-12,14,20-23,28-38H2,1-7H3,(H2,75,89)(H,76,98)(H,77,97)(H,78,100)(H,79,108)(H,80,90)(H,81,91)(H,82,102)(H,83,92)(H,84,103)(H,85,101)(H,86,99)(H,93,94)(H,95,96)(H,106,107)/b15-13-/t41?,42?,43-,49+,50?,51+,52-,53+,60+,61+,62-,63?/m1/s1. The molecule has 14 amide bonds. The fraction of sp³-hybridized carbons (Fsp3) is 0.581. The summed E-state index contributed by atoms with van der Waals surface area (Å²) in [4.78, 5) is 238. The Bertz CT molecular complexity index is 3670. The first-order valence-electron chi connectivity index (χ1n) is 36.9. The predicted molar refractivity (Wildman–Crippen MR) is 390 cm³/mol. The minimum absolute atomic E-state index is 0.0181. The van der Waals surface area contributed by atoms with Gasteiger partial charge in [0.15, 0.2) is 0 Å². The number of fused-ring (bicyclic) bond motifs is 5. The Morgan fingerprint density at radius 3 is 1.71 bits per heavy atom. The topological polar surface area (TPSA) is 525 Å². The molecule has 2 aromatic carbocycles. The van der Waals surface area contributed by atoms with Crippen LogP contribution < -0.4 is 64.2 Å². The number of piperidine rings is 1. The molecule has 16 N–H and O–H groups in total. The van der Waals surface area contributed by atoms with Gasteiger partial charge in [0.1, 0.15) is 61.0 Å². The van der Waals surface area contributed by atoms with Crippen molar-refractivity contribution >= 4 is 101 Å². The summed E-state index contributed by atoms with van der Waals surface area (Å²) in [6, 6.07) is -4.24. The largest absolute Gasteiger partial charge is 0.481 e. The van der Waals surface area contributed by atoms with Crippen LogP contribution >= 0.6 is 0 Å². The predicted octanol–water partition coefficient (Wildman–Crippen LogP) is -0.0355. The van der Waals surface area contributed by atoms with Crippen molar-refractivity contribution in [2.75, 3.05) is 32.8 Å². The Hall–Kier alpha value is -11.0. The van der Waals surface area contributed by atoms with Gasteiger partial charge < -0.3 is 94.1 Å². The number of carbonyl (C=O) groups excluding carboxylic acids is 14. The van der Waals surface area contributed by atoms with Gasteiger partial charge in [-0.25, -0.2) is 4.79 Å². The van der Waals surface area contributed by atoms with Crippen LogP contribution in [0.4, 0.5) is 4.79 Å². The van der Waals surface area contributed by atoms with Crippen molar-refractivity contribution in [2.24, 2.45) is 23.5 Å². The molecule has 3 fully saturated rings. The van der Waals surface area contributed by atoms with E-state index in [-0.39, 0.29) is 58.2 Å². The van der Waals surface area contributed by atoms with Crippen LogP contribution in [0, 0.1) is 17.8 Å². The van der Waals surface area contributed by atoms with E-state index in [1.807, 2.05) is 53.8 Å². The molecule has 4 unspecified atom stereocenters. The van der Waals surface area contributed by atoms with E-state index in [1.165, 1.54) is 13.8 Å². The lowest BCUT2D eigenvalue weighted by Crippen LogP contribution is -2.66. The van der Waals surface area contributed by atoms with Crippen molar-refractivity contribution in [2.45, 2.75) is 224 Å². The Morgan fingerprint density at radius 1 is 0.587 bits per heavy atom. The molecular formula is C74H104N14O21. The summed E-state index contributed by atoms with van der Waals surface area (Å²) in [6.07, 6.45) is 6.25. The van der Waals surface area contributed by atoms with Gasteiger partial charge >= 0.3 is 24.0 Å². The molecule has 6 rings (SSSR count). The maximum atomic E-state index is 15.4. The molecular weight excluding hydrogens is 1420 g/mol. The number of ether oxygens (including phenoxy) is 1. The maximum Gasteiger partial charge on any atom is 0.407 e. The van der Waals surface area contributed by atoms with Crippen LogP contribution in [0.3, 0.4) is 0 Å². The zero-order valence-corrected chi connectivity index (χ0v) is 62.4. The van der Waals surface area contributed by atoms with E-state index in [0.29, 0.717) is 12.3 Å². The summed E-state index contributed by atoms with van der Waals surface area (Å²) >= 11 is 0. The van der Waals surface area contributed by atoms with Gasteiger partial charge in [0, 0.05) is 25.4 Å². The highest BCUT2D eigenvalue weighted by Gasteiger charge is 2.46. The number of carboxylic acid groups (broad SMARTS) is 3. The van der Waals surface area contributed by atoms with Crippen molar-refractivity contribution in [3.8, 4) is 11.1 Å². The van der Waals surface area contributed by atoms with Crippen LogP contribution in [0.2, 0.25) is 0 Å². The second-order valence-electron chi connectivity index (χ2n) is 28.7. The van der Waals surface area contributed by atoms with Gasteiger partial charge in [-0.3, -0.25) is 76.7 Å². The molecule has 35 heteroatoms. The lowest BCUT2D eigenvalue weighted by Gasteiger charge is -2.39. The summed E-state index contributed by atoms with van der Waals surface area (Å²) in [6.45, 7) is 8.30. The second-order valence-corrected chi connectivity index (χ2v) is 28.7. The van der Waals surface area contributed by atoms with E-state index in [2.05, 4.69) is 67.0 Å². The number of amides is 14. The van der Waals surface area contributed by atoms with Crippen molar-refractivity contribution < 1.29 is 102 Å². The number of allylic oxidation sites excluding steroid dienone is 1. The summed E-state index contributed by atoms with van der Waals surface area (Å²) in [5.74, 6) is -22.2. The first-order valence-corrected chi connectivity index (χ1v) is 36.9. The van der Waals surface area contributed by atoms with Crippen molar-refractivity contribution in [3.05, 3.63) is 71.8 Å². The number of aliphatic carboxylic acids is 3. The highest BCUT2D eigenvalue weighted by Crippen LogP contribution is 2.44. The fourth-order valence-electron chi connectivity index (χ4n) is 13.5. The number of nitrogens with zero attached hydrogens (tertiary/aromatic N) is 2. The van der Waals surface area contributed by atoms with Crippen LogP contribution in [0.1, 0.15) is 168 Å². The molecule has 12 atom stereocenters. The van der Waals surface area contributed by atoms with E-state index in [0.717, 1.165) is 77.5 Å². The number of hydrogen-bond donors (Lipinski definition) is 15. The quantitative estimate of drug-likeness (QED) is 0.0434. The maximum absolute atomic E-state index is 15.4. The lowest BCUT2D eigenvalue weighted by atomic mass is 9.96. The number of alkyl carbamates (subject to hydrolysis) is 1. The number of carboxylic acids is 3. The summed E-state index contributed by atoms with van der Waals surface area (Å²) in [5.41, 5.74) is 9.21. The molecule has 0 bridgehead atoms. The molecule has 2 aromatic rings. The third-order valence-electron chi connectivity index (χ3n) is 19.4. The average Bonchev–Trinajstić information content (AvgIpc) is 1.63. The summed E-state index contributed by atoms with van der Waals surface area (Å²) in [5, 5.41) is 55.9. The van der Waals surface area contributed by atoms with Crippen LogP contribution in [-0.4, -0.2) is 225 Å². The van der Waals surface area contributed by atoms with Gasteiger partial charge in [0.25, 0.3) is 0 Å². The molecule has 0 spiro atoms. The highest BCUT2D eigenvalue weighted by molar-refractivity contribution is 6.02. The monoisotopic (exact) mass is 1520 g/mol. The Labute approximate surface area is 631 Å². The van der Waals surface area contributed by atoms with E-state index < -0.39 is 217 Å². The number of nitrogens with one attached hydrogen (secondary N) is 11. The second kappa shape index (κ2) is 41.9. The number of rotatable bonds is 26. The molecule has 0 saturated carbocycles. The SMILES string of the molecule is CC(C)CCCCCCC/C=C\CC(=O)N[C@@H](CC(N)=O)C(=O)NC1C(=O)N2CCCC[C@@H]2C(=O)N[C@@H](C(C)C(=O)O)C(=O)N[C@@H](CC(=O)O)C(=O)NCC(=O)NC(CC(=O)O)C(=O)NCC(=O)N[C@H](C(C)NC(=O)OCC2c3ccccc3-c3ccccc32)C(=O)N[C@@H](C(C)C)C(=O)N2CCC[C@H]2C(=O)N[C@@H]1C. The summed E-state index contributed by atoms with van der Waals surface area (Å²) < 4.78 is 5.75. The molecule has 596 valence electrons. The third-order valence-corrected chi connectivity index (χ3v) is 19.4. The first kappa shape index (κ1) is 86.9. The molecule has 3 saturated heterocycles. The molecule has 35 nitrogen and oxygen atoms in total. The third kappa shape index (κ3) is 25.8. The minimum atomic E-state index is -2.16. The van der Waals surface area contributed by atoms with Gasteiger partial charge in [-0.1, -0.05) is 120 Å². The van der Waals surface area contributed by atoms with Gasteiger partial charge in [0.05, 0.1) is 50.4 Å². The molecule has 0 radical (unpaired) electrons. The summed E-state index contributed by atoms with van der Waals surface area (Å²) in [7, 11) is 0. The Kier molecular flexibility index (Phi) is 33.4. The van der Waals surface area contributed by atoms with E-state index in [1.54, 1.807) is 26.0 Å². The Balaban J connectivity index is 1.35. The van der Waals surface area contributed by atoms with Crippen LogP contribution in [0.5, 0.6) is 0 Å². The zero-order chi connectivity index (χ0) is 80.3. The van der Waals surface area contributed by atoms with Gasteiger partial charge in [-0.05, 0) is 99.8 Å². The van der Waals surface area contributed by atoms with E-state index in [9.17, 15) is 87.2 Å². The average molecular weight is 1530 g/mol. The normalized spacial score (nSPS) is 23.4. The highest BCUT2D eigenvalue weighted by atomic mass is 16.5. The number of nitrogens with two attached hydrogens (primary N) is 1. The number of primary amides is 1. The molecule has 109 heavy (non-hydrogen) atoms. The number of benzene rings is 2. The molecule has 3 aliphatic heterocycles. The van der Waals surface area contributed by atoms with Gasteiger partial charge in [0.2, 0.25) is 76.8 Å². The molecule has 1 aliphatic carbocycles. The zero-order valence-electron chi connectivity index (χ0n) is 62.4. The number of carbonyl (C=O) groups is 17. The van der Waals surface area contributed by atoms with Crippen LogP contribution in [-0.2, 0) is 81.4 Å². The van der Waals surface area contributed by atoms with E-state index >= 15 is 9.59 Å². The number of unbranched alkanes of at least 4 members (excludes halogenated alkanes) is 5. The van der Waals surface area contributed by atoms with Gasteiger partial charge in [-0.2, -0.15) is 0 Å². The van der Waals surface area contributed by atoms with Crippen molar-refractivity contribution in [1.82, 2.24) is 68.3 Å². The van der Waals surface area contributed by atoms with Crippen LogP contribution in [0.25, 0.3) is 11.1 Å². The Morgan fingerprint density at radius 2 is 1.12 bits per heavy atom. The number of hydrogen-bond acceptors (Lipinski definition) is 18.